The third-order valence-corrected chi connectivity index (χ3v) is 4.49. The molecule has 2 aliphatic rings. The van der Waals surface area contributed by atoms with Gasteiger partial charge in [-0.2, -0.15) is 0 Å². The molecule has 4 heteroatoms. The number of piperazine rings is 1. The molecule has 0 unspecified atom stereocenters. The van der Waals surface area contributed by atoms with Crippen LogP contribution in [0.2, 0.25) is 0 Å². The van der Waals surface area contributed by atoms with Gasteiger partial charge in [-0.3, -0.25) is 4.90 Å². The summed E-state index contributed by atoms with van der Waals surface area (Å²) in [7, 11) is 0. The summed E-state index contributed by atoms with van der Waals surface area (Å²) in [6, 6.07) is 8.08. The Morgan fingerprint density at radius 2 is 1.86 bits per heavy atom. The van der Waals surface area contributed by atoms with E-state index in [2.05, 4.69) is 9.80 Å². The molecule has 0 spiro atoms. The standard InChI is InChI=1S/C17H27N3O/c18-13-16-2-1-3-17(12-16)21-11-10-19-6-8-20(9-7-19)14-15-4-5-15/h1-3,12,15H,4-11,13-14,18H2. The van der Waals surface area contributed by atoms with E-state index in [1.54, 1.807) is 0 Å². The highest BCUT2D eigenvalue weighted by Gasteiger charge is 2.26. The van der Waals surface area contributed by atoms with Crippen LogP contribution >= 0.6 is 0 Å². The monoisotopic (exact) mass is 289 g/mol. The summed E-state index contributed by atoms with van der Waals surface area (Å²) < 4.78 is 5.84. The van der Waals surface area contributed by atoms with Gasteiger partial charge in [0.15, 0.2) is 0 Å². The van der Waals surface area contributed by atoms with Crippen LogP contribution in [0.5, 0.6) is 5.75 Å². The Kier molecular flexibility index (Phi) is 5.12. The predicted octanol–water partition coefficient (Wildman–Crippen LogP) is 1.55. The maximum atomic E-state index is 5.84. The molecule has 116 valence electrons. The Morgan fingerprint density at radius 1 is 1.10 bits per heavy atom. The number of nitrogens with zero attached hydrogens (tertiary/aromatic N) is 2. The van der Waals surface area contributed by atoms with E-state index in [0.29, 0.717) is 6.54 Å². The zero-order valence-electron chi connectivity index (χ0n) is 12.8. The second-order valence-corrected chi connectivity index (χ2v) is 6.29. The summed E-state index contributed by atoms with van der Waals surface area (Å²) in [6.07, 6.45) is 2.91. The molecule has 0 aromatic heterocycles. The molecule has 1 saturated carbocycles. The molecule has 1 aromatic rings. The average Bonchev–Trinajstić information content (AvgIpc) is 3.33. The molecule has 1 aliphatic carbocycles. The fourth-order valence-corrected chi connectivity index (χ4v) is 2.92. The topological polar surface area (TPSA) is 41.7 Å². The summed E-state index contributed by atoms with van der Waals surface area (Å²) in [6.45, 7) is 8.48. The maximum absolute atomic E-state index is 5.84. The number of hydrogen-bond acceptors (Lipinski definition) is 4. The van der Waals surface area contributed by atoms with Crippen molar-refractivity contribution in [2.75, 3.05) is 45.9 Å². The van der Waals surface area contributed by atoms with Gasteiger partial charge in [0.25, 0.3) is 0 Å². The molecule has 0 radical (unpaired) electrons. The van der Waals surface area contributed by atoms with Crippen LogP contribution in [0.1, 0.15) is 18.4 Å². The highest BCUT2D eigenvalue weighted by Crippen LogP contribution is 2.29. The molecule has 0 amide bonds. The molecule has 2 fully saturated rings. The Bertz CT molecular complexity index is 439. The largest absolute Gasteiger partial charge is 0.492 e. The minimum absolute atomic E-state index is 0.570. The number of hydrogen-bond donors (Lipinski definition) is 1. The average molecular weight is 289 g/mol. The molecule has 21 heavy (non-hydrogen) atoms. The van der Waals surface area contributed by atoms with Crippen LogP contribution < -0.4 is 10.5 Å². The maximum Gasteiger partial charge on any atom is 0.119 e. The number of benzene rings is 1. The Morgan fingerprint density at radius 3 is 2.57 bits per heavy atom. The third kappa shape index (κ3) is 4.70. The van der Waals surface area contributed by atoms with Crippen molar-refractivity contribution in [2.45, 2.75) is 19.4 Å². The van der Waals surface area contributed by atoms with Gasteiger partial charge in [0.05, 0.1) is 0 Å². The van der Waals surface area contributed by atoms with E-state index in [1.165, 1.54) is 45.6 Å². The van der Waals surface area contributed by atoms with Crippen LogP contribution in [-0.4, -0.2) is 55.7 Å². The lowest BCUT2D eigenvalue weighted by Gasteiger charge is -2.34. The first kappa shape index (κ1) is 14.8. The number of rotatable bonds is 7. The van der Waals surface area contributed by atoms with Crippen LogP contribution in [0.25, 0.3) is 0 Å². The molecule has 0 bridgehead atoms. The van der Waals surface area contributed by atoms with E-state index in [-0.39, 0.29) is 0 Å². The normalized spacial score (nSPS) is 20.6. The summed E-state index contributed by atoms with van der Waals surface area (Å²) >= 11 is 0. The third-order valence-electron chi connectivity index (χ3n) is 4.49. The predicted molar refractivity (Wildman–Crippen MR) is 85.4 cm³/mol. The van der Waals surface area contributed by atoms with Gasteiger partial charge in [-0.1, -0.05) is 12.1 Å². The molecule has 1 heterocycles. The molecule has 1 aromatic carbocycles. The molecule has 1 aliphatic heterocycles. The lowest BCUT2D eigenvalue weighted by molar-refractivity contribution is 0.114. The highest BCUT2D eigenvalue weighted by atomic mass is 16.5. The fraction of sp³-hybridized carbons (Fsp3) is 0.647. The zero-order chi connectivity index (χ0) is 14.5. The summed E-state index contributed by atoms with van der Waals surface area (Å²) in [5.41, 5.74) is 6.77. The van der Waals surface area contributed by atoms with E-state index >= 15 is 0 Å². The molecule has 3 rings (SSSR count). The van der Waals surface area contributed by atoms with Gasteiger partial charge in [-0.15, -0.1) is 0 Å². The van der Waals surface area contributed by atoms with Crippen molar-refractivity contribution in [2.24, 2.45) is 11.7 Å². The van der Waals surface area contributed by atoms with Crippen molar-refractivity contribution in [1.82, 2.24) is 9.80 Å². The Labute approximate surface area is 127 Å². The Hall–Kier alpha value is -1.10. The molecule has 1 saturated heterocycles. The minimum atomic E-state index is 0.570. The summed E-state index contributed by atoms with van der Waals surface area (Å²) in [5, 5.41) is 0. The van der Waals surface area contributed by atoms with E-state index in [9.17, 15) is 0 Å². The van der Waals surface area contributed by atoms with Gasteiger partial charge >= 0.3 is 0 Å². The van der Waals surface area contributed by atoms with Gasteiger partial charge < -0.3 is 15.4 Å². The van der Waals surface area contributed by atoms with Crippen molar-refractivity contribution in [3.63, 3.8) is 0 Å². The number of nitrogens with two attached hydrogens (primary N) is 1. The van der Waals surface area contributed by atoms with E-state index in [0.717, 1.165) is 30.4 Å². The van der Waals surface area contributed by atoms with Crippen LogP contribution in [0, 0.1) is 5.92 Å². The fourth-order valence-electron chi connectivity index (χ4n) is 2.92. The Balaban J connectivity index is 1.34. The van der Waals surface area contributed by atoms with Gasteiger partial charge in [-0.05, 0) is 36.5 Å². The first-order chi connectivity index (χ1) is 10.3. The highest BCUT2D eigenvalue weighted by molar-refractivity contribution is 5.28. The molecular formula is C17H27N3O. The van der Waals surface area contributed by atoms with E-state index < -0.39 is 0 Å². The van der Waals surface area contributed by atoms with Crippen molar-refractivity contribution in [1.29, 1.82) is 0 Å². The lowest BCUT2D eigenvalue weighted by atomic mass is 10.2. The van der Waals surface area contributed by atoms with Gasteiger partial charge in [0.2, 0.25) is 0 Å². The van der Waals surface area contributed by atoms with Gasteiger partial charge in [-0.25, -0.2) is 0 Å². The van der Waals surface area contributed by atoms with Crippen LogP contribution in [0.4, 0.5) is 0 Å². The lowest BCUT2D eigenvalue weighted by Crippen LogP contribution is -2.47. The first-order valence-electron chi connectivity index (χ1n) is 8.20. The van der Waals surface area contributed by atoms with Gasteiger partial charge in [0, 0.05) is 45.8 Å². The van der Waals surface area contributed by atoms with Crippen LogP contribution in [-0.2, 0) is 6.54 Å². The van der Waals surface area contributed by atoms with Crippen LogP contribution in [0.15, 0.2) is 24.3 Å². The molecule has 0 atom stereocenters. The summed E-state index contributed by atoms with van der Waals surface area (Å²) in [5.74, 6) is 1.94. The molecule has 2 N–H and O–H groups in total. The van der Waals surface area contributed by atoms with Crippen molar-refractivity contribution >= 4 is 0 Å². The van der Waals surface area contributed by atoms with Crippen molar-refractivity contribution in [3.05, 3.63) is 29.8 Å². The number of ether oxygens (including phenoxy) is 1. The second kappa shape index (κ2) is 7.25. The smallest absolute Gasteiger partial charge is 0.119 e. The van der Waals surface area contributed by atoms with Crippen LogP contribution in [0.3, 0.4) is 0 Å². The quantitative estimate of drug-likeness (QED) is 0.827. The van der Waals surface area contributed by atoms with Gasteiger partial charge in [0.1, 0.15) is 12.4 Å². The molecular weight excluding hydrogens is 262 g/mol. The minimum Gasteiger partial charge on any atom is -0.492 e. The first-order valence-corrected chi connectivity index (χ1v) is 8.20. The van der Waals surface area contributed by atoms with E-state index in [1.807, 2.05) is 24.3 Å². The van der Waals surface area contributed by atoms with Crippen molar-refractivity contribution < 1.29 is 4.74 Å². The van der Waals surface area contributed by atoms with Crippen molar-refractivity contribution in [3.8, 4) is 5.75 Å². The zero-order valence-corrected chi connectivity index (χ0v) is 12.8. The SMILES string of the molecule is NCc1cccc(OCCN2CCN(CC3CC3)CC2)c1. The summed E-state index contributed by atoms with van der Waals surface area (Å²) in [4.78, 5) is 5.13. The second-order valence-electron chi connectivity index (χ2n) is 6.29. The molecule has 4 nitrogen and oxygen atoms in total. The van der Waals surface area contributed by atoms with E-state index in [4.69, 9.17) is 10.5 Å².